The molecule has 1 aromatic rings. The normalized spacial score (nSPS) is 18.6. The maximum absolute atomic E-state index is 12.9. The summed E-state index contributed by atoms with van der Waals surface area (Å²) in [6, 6.07) is 4.13. The van der Waals surface area contributed by atoms with Crippen LogP contribution in [0.3, 0.4) is 0 Å². The molecule has 0 saturated carbocycles. The number of nitrogens with one attached hydrogen (secondary N) is 1. The number of carbonyl (C=O) groups is 2. The molecular weight excluding hydrogens is 414 g/mol. The van der Waals surface area contributed by atoms with Gasteiger partial charge in [0.05, 0.1) is 4.90 Å². The lowest BCUT2D eigenvalue weighted by molar-refractivity contribution is -0.125. The smallest absolute Gasteiger partial charge is 0.243 e. The van der Waals surface area contributed by atoms with E-state index >= 15 is 0 Å². The summed E-state index contributed by atoms with van der Waals surface area (Å²) in [6.45, 7) is 6.35. The van der Waals surface area contributed by atoms with Crippen LogP contribution >= 0.6 is 0 Å². The number of benzene rings is 1. The Morgan fingerprint density at radius 1 is 1.19 bits per heavy atom. The van der Waals surface area contributed by atoms with Gasteiger partial charge in [-0.3, -0.25) is 14.5 Å². The Morgan fingerprint density at radius 2 is 1.94 bits per heavy atom. The first-order valence-corrected chi connectivity index (χ1v) is 12.6. The predicted molar refractivity (Wildman–Crippen MR) is 121 cm³/mol. The molecule has 0 bridgehead atoms. The fourth-order valence-electron chi connectivity index (χ4n) is 4.50. The summed E-state index contributed by atoms with van der Waals surface area (Å²) in [7, 11) is -3.60. The molecule has 0 saturated heterocycles. The van der Waals surface area contributed by atoms with Crippen LogP contribution in [-0.4, -0.2) is 50.2 Å². The van der Waals surface area contributed by atoms with Crippen LogP contribution in [0.15, 0.2) is 34.7 Å². The van der Waals surface area contributed by atoms with Crippen molar-refractivity contribution in [2.75, 3.05) is 24.5 Å². The first-order chi connectivity index (χ1) is 14.8. The fraction of sp³-hybridized carbons (Fsp3) is 0.565. The van der Waals surface area contributed by atoms with E-state index in [9.17, 15) is 18.0 Å². The van der Waals surface area contributed by atoms with E-state index in [0.29, 0.717) is 37.3 Å². The largest absolute Gasteiger partial charge is 0.354 e. The number of anilines is 1. The Kier molecular flexibility index (Phi) is 7.54. The third kappa shape index (κ3) is 5.01. The highest BCUT2D eigenvalue weighted by atomic mass is 32.2. The number of fused-ring (bicyclic) bond motifs is 1. The maximum atomic E-state index is 12.9. The number of sulfonamides is 1. The van der Waals surface area contributed by atoms with Crippen LogP contribution in [0.5, 0.6) is 0 Å². The first-order valence-electron chi connectivity index (χ1n) is 11.2. The summed E-state index contributed by atoms with van der Waals surface area (Å²) in [4.78, 5) is 26.9. The highest BCUT2D eigenvalue weighted by Gasteiger charge is 2.37. The number of hydrogen-bond donors (Lipinski definition) is 1. The minimum absolute atomic E-state index is 0.198. The average Bonchev–Trinajstić information content (AvgIpc) is 3.14. The van der Waals surface area contributed by atoms with Crippen LogP contribution in [0, 0.1) is 0 Å². The van der Waals surface area contributed by atoms with E-state index in [4.69, 9.17) is 0 Å². The van der Waals surface area contributed by atoms with E-state index in [2.05, 4.69) is 11.4 Å². The highest BCUT2D eigenvalue weighted by Crippen LogP contribution is 2.35. The van der Waals surface area contributed by atoms with Gasteiger partial charge in [0.2, 0.25) is 21.8 Å². The second-order valence-corrected chi connectivity index (χ2v) is 10.1. The Hall–Kier alpha value is -2.19. The van der Waals surface area contributed by atoms with Crippen molar-refractivity contribution in [3.05, 3.63) is 35.4 Å². The molecule has 2 amide bonds. The van der Waals surface area contributed by atoms with E-state index in [1.54, 1.807) is 26.0 Å². The van der Waals surface area contributed by atoms with Crippen molar-refractivity contribution in [3.8, 4) is 0 Å². The Bertz CT molecular complexity index is 967. The SMILES string of the molecule is CCN(CC)S(=O)(=O)c1ccc2c(c1)C[C@H](C(=O)NCCC1=CCCCC1)N2C(C)=O. The molecule has 0 radical (unpaired) electrons. The number of amides is 2. The molecule has 170 valence electrons. The van der Waals surface area contributed by atoms with E-state index in [-0.39, 0.29) is 16.7 Å². The number of rotatable bonds is 8. The molecule has 0 fully saturated rings. The van der Waals surface area contributed by atoms with E-state index in [1.807, 2.05) is 0 Å². The molecule has 2 aliphatic rings. The van der Waals surface area contributed by atoms with Gasteiger partial charge < -0.3 is 5.32 Å². The summed E-state index contributed by atoms with van der Waals surface area (Å²) in [5.74, 6) is -0.427. The summed E-state index contributed by atoms with van der Waals surface area (Å²) in [5, 5.41) is 2.97. The monoisotopic (exact) mass is 447 g/mol. The summed E-state index contributed by atoms with van der Waals surface area (Å²) < 4.78 is 27.2. The fourth-order valence-corrected chi connectivity index (χ4v) is 6.00. The third-order valence-corrected chi connectivity index (χ3v) is 8.20. The predicted octanol–water partition coefficient (Wildman–Crippen LogP) is 3.00. The van der Waals surface area contributed by atoms with E-state index < -0.39 is 16.1 Å². The van der Waals surface area contributed by atoms with Crippen LogP contribution in [0.2, 0.25) is 0 Å². The molecular formula is C23H33N3O4S. The minimum atomic E-state index is -3.60. The van der Waals surface area contributed by atoms with Crippen LogP contribution < -0.4 is 10.2 Å². The summed E-state index contributed by atoms with van der Waals surface area (Å²) in [6.07, 6.45) is 8.04. The van der Waals surface area contributed by atoms with Gasteiger partial charge in [-0.05, 0) is 55.9 Å². The van der Waals surface area contributed by atoms with Gasteiger partial charge in [0.15, 0.2) is 0 Å². The average molecular weight is 448 g/mol. The second kappa shape index (κ2) is 9.96. The molecule has 1 aromatic carbocycles. The molecule has 1 aliphatic heterocycles. The summed E-state index contributed by atoms with van der Waals surface area (Å²) in [5.41, 5.74) is 2.70. The second-order valence-electron chi connectivity index (χ2n) is 8.14. The van der Waals surface area contributed by atoms with Gasteiger partial charge in [0.25, 0.3) is 0 Å². The lowest BCUT2D eigenvalue weighted by Gasteiger charge is -2.24. The molecule has 1 aliphatic carbocycles. The molecule has 0 unspecified atom stereocenters. The molecule has 3 rings (SSSR count). The highest BCUT2D eigenvalue weighted by molar-refractivity contribution is 7.89. The quantitative estimate of drug-likeness (QED) is 0.621. The number of nitrogens with zero attached hydrogens (tertiary/aromatic N) is 2. The van der Waals surface area contributed by atoms with Gasteiger partial charge in [0.1, 0.15) is 6.04 Å². The van der Waals surface area contributed by atoms with Crippen molar-refractivity contribution < 1.29 is 18.0 Å². The van der Waals surface area contributed by atoms with Crippen molar-refractivity contribution in [3.63, 3.8) is 0 Å². The van der Waals surface area contributed by atoms with Crippen LogP contribution in [0.1, 0.15) is 58.4 Å². The molecule has 7 nitrogen and oxygen atoms in total. The minimum Gasteiger partial charge on any atom is -0.354 e. The molecule has 31 heavy (non-hydrogen) atoms. The standard InChI is InChI=1S/C23H33N3O4S/c1-4-25(5-2)31(29,30)20-11-12-21-19(15-20)16-22(26(21)17(3)27)23(28)24-14-13-18-9-7-6-8-10-18/h9,11-12,15,22H,4-8,10,13-14,16H2,1-3H3,(H,24,28)/t22-/m1/s1. The van der Waals surface area contributed by atoms with Crippen molar-refractivity contribution >= 4 is 27.5 Å². The summed E-state index contributed by atoms with van der Waals surface area (Å²) >= 11 is 0. The molecule has 0 aromatic heterocycles. The zero-order valence-corrected chi connectivity index (χ0v) is 19.5. The van der Waals surface area contributed by atoms with Gasteiger partial charge in [0, 0.05) is 38.7 Å². The van der Waals surface area contributed by atoms with Crippen molar-refractivity contribution in [2.24, 2.45) is 0 Å². The van der Waals surface area contributed by atoms with Crippen LogP contribution in [0.4, 0.5) is 5.69 Å². The van der Waals surface area contributed by atoms with Crippen LogP contribution in [-0.2, 0) is 26.0 Å². The first kappa shape index (κ1) is 23.5. The lowest BCUT2D eigenvalue weighted by atomic mass is 9.97. The van der Waals surface area contributed by atoms with E-state index in [1.165, 1.54) is 40.6 Å². The Morgan fingerprint density at radius 3 is 2.55 bits per heavy atom. The molecule has 0 spiro atoms. The number of allylic oxidation sites excluding steroid dienone is 1. The third-order valence-electron chi connectivity index (χ3n) is 6.15. The lowest BCUT2D eigenvalue weighted by Crippen LogP contribution is -2.47. The Labute approximate surface area is 185 Å². The van der Waals surface area contributed by atoms with E-state index in [0.717, 1.165) is 19.3 Å². The van der Waals surface area contributed by atoms with Gasteiger partial charge in [-0.2, -0.15) is 4.31 Å². The topological polar surface area (TPSA) is 86.8 Å². The molecule has 1 heterocycles. The number of hydrogen-bond acceptors (Lipinski definition) is 4. The van der Waals surface area contributed by atoms with Gasteiger partial charge >= 0.3 is 0 Å². The van der Waals surface area contributed by atoms with Crippen LogP contribution in [0.25, 0.3) is 0 Å². The number of carbonyl (C=O) groups excluding carboxylic acids is 2. The van der Waals surface area contributed by atoms with Gasteiger partial charge in [-0.1, -0.05) is 25.5 Å². The van der Waals surface area contributed by atoms with Crippen molar-refractivity contribution in [1.29, 1.82) is 0 Å². The molecule has 1 atom stereocenters. The molecule has 8 heteroatoms. The maximum Gasteiger partial charge on any atom is 0.243 e. The zero-order chi connectivity index (χ0) is 22.6. The van der Waals surface area contributed by atoms with Crippen molar-refractivity contribution in [1.82, 2.24) is 9.62 Å². The van der Waals surface area contributed by atoms with Crippen molar-refractivity contribution in [2.45, 2.75) is 70.2 Å². The molecule has 1 N–H and O–H groups in total. The zero-order valence-electron chi connectivity index (χ0n) is 18.7. The van der Waals surface area contributed by atoms with Gasteiger partial charge in [-0.15, -0.1) is 0 Å². The van der Waals surface area contributed by atoms with Gasteiger partial charge in [-0.25, -0.2) is 8.42 Å². The Balaban J connectivity index is 1.76.